The van der Waals surface area contributed by atoms with Crippen molar-refractivity contribution in [1.29, 1.82) is 0 Å². The van der Waals surface area contributed by atoms with E-state index in [2.05, 4.69) is 35.8 Å². The molecule has 0 aromatic heterocycles. The molecule has 0 saturated carbocycles. The van der Waals surface area contributed by atoms with Crippen LogP contribution in [0.3, 0.4) is 0 Å². The van der Waals surface area contributed by atoms with Gasteiger partial charge in [-0.15, -0.1) is 0 Å². The van der Waals surface area contributed by atoms with Gasteiger partial charge in [-0.1, -0.05) is 35.3 Å². The van der Waals surface area contributed by atoms with Gasteiger partial charge in [0.2, 0.25) is 0 Å². The molecule has 4 rings (SSSR count). The minimum absolute atomic E-state index is 0.183. The Balaban J connectivity index is 1.41. The number of hydrogen-bond donors (Lipinski definition) is 1. The standard InChI is InChI=1S/C24H28Cl2N2O2/c1-15-11-22(28-13-19(14-28)23-20(25)4-3-5-21(23)26)16(2)10-18(15)12-27-8-6-17(7-9-27)24(29)30/h3-5,10-11,17,19H,6-9,12-14H2,1-2H3,(H,29,30). The van der Waals surface area contributed by atoms with Gasteiger partial charge < -0.3 is 10.0 Å². The third-order valence-corrected chi connectivity index (χ3v) is 7.27. The topological polar surface area (TPSA) is 43.8 Å². The Morgan fingerprint density at radius 1 is 1.07 bits per heavy atom. The second-order valence-corrected chi connectivity index (χ2v) is 9.51. The van der Waals surface area contributed by atoms with Crippen LogP contribution in [-0.4, -0.2) is 42.2 Å². The highest BCUT2D eigenvalue weighted by molar-refractivity contribution is 6.36. The van der Waals surface area contributed by atoms with Crippen molar-refractivity contribution in [1.82, 2.24) is 4.90 Å². The summed E-state index contributed by atoms with van der Waals surface area (Å²) in [5.74, 6) is -0.476. The lowest BCUT2D eigenvalue weighted by Crippen LogP contribution is -2.45. The SMILES string of the molecule is Cc1cc(N2CC(c3c(Cl)cccc3Cl)C2)c(C)cc1CN1CCC(C(=O)O)CC1. The predicted molar refractivity (Wildman–Crippen MR) is 123 cm³/mol. The van der Waals surface area contributed by atoms with Crippen LogP contribution >= 0.6 is 23.2 Å². The number of carboxylic acids is 1. The zero-order valence-electron chi connectivity index (χ0n) is 17.5. The van der Waals surface area contributed by atoms with Crippen LogP contribution in [0.1, 0.15) is 41.0 Å². The summed E-state index contributed by atoms with van der Waals surface area (Å²) in [7, 11) is 0. The Kier molecular flexibility index (Phi) is 6.29. The van der Waals surface area contributed by atoms with E-state index in [0.29, 0.717) is 5.92 Å². The molecule has 2 aromatic rings. The number of halogens is 2. The molecule has 1 N–H and O–H groups in total. The molecular weight excluding hydrogens is 419 g/mol. The number of carbonyl (C=O) groups is 1. The molecule has 2 aliphatic heterocycles. The van der Waals surface area contributed by atoms with E-state index in [1.165, 1.54) is 22.4 Å². The number of benzene rings is 2. The molecular formula is C24H28Cl2N2O2. The van der Waals surface area contributed by atoms with Crippen LogP contribution in [0.25, 0.3) is 0 Å². The molecule has 0 unspecified atom stereocenters. The minimum Gasteiger partial charge on any atom is -0.481 e. The van der Waals surface area contributed by atoms with Crippen LogP contribution in [0.2, 0.25) is 10.0 Å². The number of aliphatic carboxylic acids is 1. The first-order chi connectivity index (χ1) is 14.3. The molecule has 0 aliphatic carbocycles. The lowest BCUT2D eigenvalue weighted by atomic mass is 9.89. The molecule has 2 saturated heterocycles. The first kappa shape index (κ1) is 21.5. The fourth-order valence-corrected chi connectivity index (χ4v) is 5.42. The highest BCUT2D eigenvalue weighted by atomic mass is 35.5. The molecule has 2 fully saturated rings. The maximum atomic E-state index is 11.2. The number of hydrogen-bond acceptors (Lipinski definition) is 3. The average Bonchev–Trinajstić information content (AvgIpc) is 2.67. The molecule has 30 heavy (non-hydrogen) atoms. The highest BCUT2D eigenvalue weighted by Gasteiger charge is 2.32. The zero-order valence-corrected chi connectivity index (χ0v) is 19.0. The highest BCUT2D eigenvalue weighted by Crippen LogP contribution is 2.40. The van der Waals surface area contributed by atoms with Crippen molar-refractivity contribution in [2.75, 3.05) is 31.1 Å². The maximum Gasteiger partial charge on any atom is 0.306 e. The first-order valence-electron chi connectivity index (χ1n) is 10.6. The molecule has 160 valence electrons. The summed E-state index contributed by atoms with van der Waals surface area (Å²) in [5, 5.41) is 10.7. The monoisotopic (exact) mass is 446 g/mol. The maximum absolute atomic E-state index is 11.2. The number of rotatable bonds is 5. The smallest absolute Gasteiger partial charge is 0.306 e. The van der Waals surface area contributed by atoms with E-state index in [-0.39, 0.29) is 5.92 Å². The Labute approximate surface area is 188 Å². The molecule has 0 spiro atoms. The lowest BCUT2D eigenvalue weighted by Gasteiger charge is -2.43. The first-order valence-corrected chi connectivity index (χ1v) is 11.3. The van der Waals surface area contributed by atoms with Crippen molar-refractivity contribution >= 4 is 34.9 Å². The Bertz CT molecular complexity index is 928. The van der Waals surface area contributed by atoms with Crippen molar-refractivity contribution in [3.8, 4) is 0 Å². The molecule has 0 atom stereocenters. The molecule has 0 amide bonds. The van der Waals surface area contributed by atoms with Gasteiger partial charge in [-0.05, 0) is 80.2 Å². The van der Waals surface area contributed by atoms with E-state index in [9.17, 15) is 9.90 Å². The van der Waals surface area contributed by atoms with Gasteiger partial charge in [-0.3, -0.25) is 9.69 Å². The van der Waals surface area contributed by atoms with Crippen LogP contribution < -0.4 is 4.90 Å². The van der Waals surface area contributed by atoms with Crippen molar-refractivity contribution < 1.29 is 9.90 Å². The van der Waals surface area contributed by atoms with Gasteiger partial charge in [0.05, 0.1) is 5.92 Å². The van der Waals surface area contributed by atoms with E-state index < -0.39 is 5.97 Å². The summed E-state index contributed by atoms with van der Waals surface area (Å²) in [4.78, 5) is 15.9. The van der Waals surface area contributed by atoms with E-state index in [0.717, 1.165) is 61.2 Å². The molecule has 2 aliphatic rings. The molecule has 0 radical (unpaired) electrons. The van der Waals surface area contributed by atoms with Crippen molar-refractivity contribution in [2.45, 2.75) is 39.2 Å². The van der Waals surface area contributed by atoms with Crippen LogP contribution in [0.4, 0.5) is 5.69 Å². The average molecular weight is 447 g/mol. The molecule has 2 heterocycles. The van der Waals surface area contributed by atoms with Gasteiger partial charge in [0, 0.05) is 41.3 Å². The Morgan fingerprint density at radius 2 is 1.70 bits per heavy atom. The van der Waals surface area contributed by atoms with Gasteiger partial charge in [0.25, 0.3) is 0 Å². The Morgan fingerprint density at radius 3 is 2.30 bits per heavy atom. The second-order valence-electron chi connectivity index (χ2n) is 8.69. The second kappa shape index (κ2) is 8.78. The summed E-state index contributed by atoms with van der Waals surface area (Å²) >= 11 is 12.8. The van der Waals surface area contributed by atoms with E-state index >= 15 is 0 Å². The third kappa shape index (κ3) is 4.32. The van der Waals surface area contributed by atoms with Gasteiger partial charge in [-0.25, -0.2) is 0 Å². The summed E-state index contributed by atoms with van der Waals surface area (Å²) in [6.07, 6.45) is 1.48. The predicted octanol–water partition coefficient (Wildman–Crippen LogP) is 5.51. The molecule has 4 nitrogen and oxygen atoms in total. The van der Waals surface area contributed by atoms with Crippen molar-refractivity contribution in [2.24, 2.45) is 5.92 Å². The fraction of sp³-hybridized carbons (Fsp3) is 0.458. The van der Waals surface area contributed by atoms with E-state index in [1.807, 2.05) is 18.2 Å². The largest absolute Gasteiger partial charge is 0.481 e. The number of likely N-dealkylation sites (tertiary alicyclic amines) is 1. The van der Waals surface area contributed by atoms with E-state index in [4.69, 9.17) is 23.2 Å². The van der Waals surface area contributed by atoms with E-state index in [1.54, 1.807) is 0 Å². The van der Waals surface area contributed by atoms with Gasteiger partial charge in [0.1, 0.15) is 0 Å². The zero-order chi connectivity index (χ0) is 21.4. The Hall–Kier alpha value is -1.75. The number of nitrogens with zero attached hydrogens (tertiary/aromatic N) is 2. The summed E-state index contributed by atoms with van der Waals surface area (Å²) in [5.41, 5.74) is 6.24. The van der Waals surface area contributed by atoms with Crippen LogP contribution in [0.15, 0.2) is 30.3 Å². The minimum atomic E-state index is -0.656. The number of aryl methyl sites for hydroxylation is 2. The number of carboxylic acid groups (broad SMARTS) is 1. The number of piperidine rings is 1. The normalized spacial score (nSPS) is 18.5. The molecule has 2 aromatic carbocycles. The third-order valence-electron chi connectivity index (χ3n) is 6.62. The van der Waals surface area contributed by atoms with Crippen molar-refractivity contribution in [3.63, 3.8) is 0 Å². The van der Waals surface area contributed by atoms with Gasteiger partial charge in [-0.2, -0.15) is 0 Å². The van der Waals surface area contributed by atoms with Crippen LogP contribution in [0.5, 0.6) is 0 Å². The van der Waals surface area contributed by atoms with Crippen LogP contribution in [0, 0.1) is 19.8 Å². The molecule has 0 bridgehead atoms. The summed E-state index contributed by atoms with van der Waals surface area (Å²) in [6, 6.07) is 10.3. The lowest BCUT2D eigenvalue weighted by molar-refractivity contribution is -0.143. The summed E-state index contributed by atoms with van der Waals surface area (Å²) < 4.78 is 0. The molecule has 6 heteroatoms. The van der Waals surface area contributed by atoms with Crippen LogP contribution in [-0.2, 0) is 11.3 Å². The van der Waals surface area contributed by atoms with Gasteiger partial charge in [0.15, 0.2) is 0 Å². The fourth-order valence-electron chi connectivity index (χ4n) is 4.71. The number of anilines is 1. The quantitative estimate of drug-likeness (QED) is 0.657. The summed E-state index contributed by atoms with van der Waals surface area (Å²) in [6.45, 7) is 8.77. The van der Waals surface area contributed by atoms with Gasteiger partial charge >= 0.3 is 5.97 Å². The van der Waals surface area contributed by atoms with Crippen molar-refractivity contribution in [3.05, 3.63) is 62.6 Å².